The van der Waals surface area contributed by atoms with Crippen molar-refractivity contribution < 1.29 is 9.21 Å². The number of hydrogen-bond acceptors (Lipinski definition) is 5. The van der Waals surface area contributed by atoms with E-state index >= 15 is 0 Å². The van der Waals surface area contributed by atoms with Crippen LogP contribution in [-0.2, 0) is 6.54 Å². The molecule has 0 spiro atoms. The molecule has 0 aliphatic rings. The molecule has 4 rings (SSSR count). The van der Waals surface area contributed by atoms with E-state index in [2.05, 4.69) is 10.3 Å². The third-order valence-corrected chi connectivity index (χ3v) is 5.79. The number of thioether (sulfide) groups is 1. The number of nitrogens with zero attached hydrogens (tertiary/aromatic N) is 1. The van der Waals surface area contributed by atoms with Crippen molar-refractivity contribution >= 4 is 39.2 Å². The highest BCUT2D eigenvalue weighted by Crippen LogP contribution is 2.31. The number of fused-ring (bicyclic) bond motifs is 1. The Morgan fingerprint density at radius 1 is 1.12 bits per heavy atom. The summed E-state index contributed by atoms with van der Waals surface area (Å²) >= 11 is 3.15. The molecule has 0 unspecified atom stereocenters. The summed E-state index contributed by atoms with van der Waals surface area (Å²) < 4.78 is 7.00. The molecule has 4 aromatic rings. The number of para-hydroxylation sites is 1. The minimum atomic E-state index is -0.104. The standard InChI is InChI=1S/C20H16N2O2S2/c1-25-17-8-4-2-6-14(17)19(23)21-12-13-10-11-16(24-13)20-22-15-7-3-5-9-18(15)26-20/h2-11H,12H2,1H3,(H,21,23). The topological polar surface area (TPSA) is 55.1 Å². The second-order valence-electron chi connectivity index (χ2n) is 5.64. The van der Waals surface area contributed by atoms with E-state index in [9.17, 15) is 4.79 Å². The van der Waals surface area contributed by atoms with Crippen LogP contribution in [0.4, 0.5) is 0 Å². The van der Waals surface area contributed by atoms with Gasteiger partial charge in [0, 0.05) is 4.90 Å². The van der Waals surface area contributed by atoms with Crippen LogP contribution in [0.2, 0.25) is 0 Å². The number of carbonyl (C=O) groups is 1. The summed E-state index contributed by atoms with van der Waals surface area (Å²) in [5.41, 5.74) is 1.64. The molecule has 0 bridgehead atoms. The molecular weight excluding hydrogens is 364 g/mol. The summed E-state index contributed by atoms with van der Waals surface area (Å²) in [5, 5.41) is 3.76. The van der Waals surface area contributed by atoms with Gasteiger partial charge in [-0.25, -0.2) is 4.98 Å². The lowest BCUT2D eigenvalue weighted by Gasteiger charge is -2.07. The van der Waals surface area contributed by atoms with Gasteiger partial charge in [-0.3, -0.25) is 4.79 Å². The molecule has 0 fully saturated rings. The van der Waals surface area contributed by atoms with Crippen molar-refractivity contribution in [2.45, 2.75) is 11.4 Å². The van der Waals surface area contributed by atoms with Crippen LogP contribution in [0, 0.1) is 0 Å². The highest BCUT2D eigenvalue weighted by Gasteiger charge is 2.13. The number of rotatable bonds is 5. The van der Waals surface area contributed by atoms with Crippen molar-refractivity contribution in [3.63, 3.8) is 0 Å². The zero-order valence-electron chi connectivity index (χ0n) is 14.1. The minimum Gasteiger partial charge on any atom is -0.457 e. The lowest BCUT2D eigenvalue weighted by atomic mass is 10.2. The lowest BCUT2D eigenvalue weighted by Crippen LogP contribution is -2.23. The molecule has 1 N–H and O–H groups in total. The van der Waals surface area contributed by atoms with Crippen LogP contribution in [0.25, 0.3) is 21.0 Å². The van der Waals surface area contributed by atoms with Gasteiger partial charge in [0.15, 0.2) is 10.8 Å². The van der Waals surface area contributed by atoms with E-state index in [1.165, 1.54) is 0 Å². The monoisotopic (exact) mass is 380 g/mol. The average Bonchev–Trinajstić information content (AvgIpc) is 3.32. The Labute approximate surface area is 159 Å². The Bertz CT molecular complexity index is 1040. The van der Waals surface area contributed by atoms with E-state index in [-0.39, 0.29) is 5.91 Å². The molecule has 130 valence electrons. The van der Waals surface area contributed by atoms with Crippen molar-refractivity contribution in [3.8, 4) is 10.8 Å². The van der Waals surface area contributed by atoms with Crippen LogP contribution in [0.1, 0.15) is 16.1 Å². The third-order valence-electron chi connectivity index (χ3n) is 3.94. The van der Waals surface area contributed by atoms with E-state index in [4.69, 9.17) is 4.42 Å². The number of carbonyl (C=O) groups excluding carboxylic acids is 1. The normalized spacial score (nSPS) is 11.0. The first-order valence-corrected chi connectivity index (χ1v) is 10.1. The maximum atomic E-state index is 12.4. The van der Waals surface area contributed by atoms with Gasteiger partial charge in [-0.15, -0.1) is 23.1 Å². The molecule has 4 nitrogen and oxygen atoms in total. The molecule has 0 aliphatic carbocycles. The second kappa shape index (κ2) is 7.35. The molecule has 26 heavy (non-hydrogen) atoms. The number of nitrogens with one attached hydrogen (secondary N) is 1. The summed E-state index contributed by atoms with van der Waals surface area (Å²) in [7, 11) is 0. The zero-order valence-corrected chi connectivity index (χ0v) is 15.7. The first-order chi connectivity index (χ1) is 12.7. The molecule has 1 amide bonds. The summed E-state index contributed by atoms with van der Waals surface area (Å²) in [4.78, 5) is 18.0. The van der Waals surface area contributed by atoms with Crippen LogP contribution < -0.4 is 5.32 Å². The quantitative estimate of drug-likeness (QED) is 0.483. The molecular formula is C20H16N2O2S2. The molecule has 6 heteroatoms. The predicted octanol–water partition coefficient (Wildman–Crippen LogP) is 5.21. The molecule has 0 aliphatic heterocycles. The lowest BCUT2D eigenvalue weighted by molar-refractivity contribution is 0.0945. The molecule has 0 saturated carbocycles. The number of hydrogen-bond donors (Lipinski definition) is 1. The Morgan fingerprint density at radius 3 is 2.77 bits per heavy atom. The van der Waals surface area contributed by atoms with Crippen LogP contribution in [-0.4, -0.2) is 17.1 Å². The van der Waals surface area contributed by atoms with Crippen LogP contribution in [0.3, 0.4) is 0 Å². The largest absolute Gasteiger partial charge is 0.457 e. The molecule has 0 atom stereocenters. The van der Waals surface area contributed by atoms with Gasteiger partial charge < -0.3 is 9.73 Å². The predicted molar refractivity (Wildman–Crippen MR) is 107 cm³/mol. The number of benzene rings is 2. The Morgan fingerprint density at radius 2 is 1.92 bits per heavy atom. The number of amides is 1. The highest BCUT2D eigenvalue weighted by molar-refractivity contribution is 7.98. The van der Waals surface area contributed by atoms with Gasteiger partial charge in [0.2, 0.25) is 0 Å². The maximum absolute atomic E-state index is 12.4. The fourth-order valence-electron chi connectivity index (χ4n) is 2.66. The number of aromatic nitrogens is 1. The molecule has 2 aromatic heterocycles. The smallest absolute Gasteiger partial charge is 0.252 e. The molecule has 2 heterocycles. The van der Waals surface area contributed by atoms with E-state index in [0.717, 1.165) is 25.9 Å². The minimum absolute atomic E-state index is 0.104. The van der Waals surface area contributed by atoms with Gasteiger partial charge in [0.05, 0.1) is 22.3 Å². The van der Waals surface area contributed by atoms with Gasteiger partial charge >= 0.3 is 0 Å². The van der Waals surface area contributed by atoms with E-state index in [0.29, 0.717) is 17.9 Å². The van der Waals surface area contributed by atoms with Crippen molar-refractivity contribution in [1.82, 2.24) is 10.3 Å². The summed E-state index contributed by atoms with van der Waals surface area (Å²) in [5.74, 6) is 1.32. The van der Waals surface area contributed by atoms with Crippen molar-refractivity contribution in [2.75, 3.05) is 6.26 Å². The summed E-state index contributed by atoms with van der Waals surface area (Å²) in [6, 6.07) is 19.4. The summed E-state index contributed by atoms with van der Waals surface area (Å²) in [6.07, 6.45) is 1.96. The van der Waals surface area contributed by atoms with Crippen molar-refractivity contribution in [3.05, 3.63) is 72.0 Å². The average molecular weight is 380 g/mol. The Hall–Kier alpha value is -2.57. The van der Waals surface area contributed by atoms with Crippen LogP contribution in [0.5, 0.6) is 0 Å². The molecule has 0 saturated heterocycles. The van der Waals surface area contributed by atoms with Crippen LogP contribution in [0.15, 0.2) is 70.0 Å². The van der Waals surface area contributed by atoms with Crippen LogP contribution >= 0.6 is 23.1 Å². The van der Waals surface area contributed by atoms with Crippen molar-refractivity contribution in [1.29, 1.82) is 0 Å². The van der Waals surface area contributed by atoms with E-state index < -0.39 is 0 Å². The Kier molecular flexibility index (Phi) is 4.77. The van der Waals surface area contributed by atoms with E-state index in [1.54, 1.807) is 23.1 Å². The first-order valence-electron chi connectivity index (χ1n) is 8.10. The van der Waals surface area contributed by atoms with Gasteiger partial charge in [0.1, 0.15) is 5.76 Å². The summed E-state index contributed by atoms with van der Waals surface area (Å²) in [6.45, 7) is 0.340. The van der Waals surface area contributed by atoms with Gasteiger partial charge in [0.25, 0.3) is 5.91 Å². The highest BCUT2D eigenvalue weighted by atomic mass is 32.2. The number of thiazole rings is 1. The maximum Gasteiger partial charge on any atom is 0.252 e. The zero-order chi connectivity index (χ0) is 17.9. The van der Waals surface area contributed by atoms with Gasteiger partial charge in [-0.1, -0.05) is 24.3 Å². The number of furan rings is 1. The fraction of sp³-hybridized carbons (Fsp3) is 0.100. The van der Waals surface area contributed by atoms with Gasteiger partial charge in [-0.2, -0.15) is 0 Å². The fourth-order valence-corrected chi connectivity index (χ4v) is 4.18. The second-order valence-corrected chi connectivity index (χ2v) is 7.51. The molecule has 0 radical (unpaired) electrons. The molecule has 2 aromatic carbocycles. The first kappa shape index (κ1) is 16.9. The third kappa shape index (κ3) is 3.38. The Balaban J connectivity index is 1.47. The SMILES string of the molecule is CSc1ccccc1C(=O)NCc1ccc(-c2nc3ccccc3s2)o1. The van der Waals surface area contributed by atoms with Gasteiger partial charge in [-0.05, 0) is 42.7 Å². The van der Waals surface area contributed by atoms with E-state index in [1.807, 2.05) is 66.9 Å². The van der Waals surface area contributed by atoms with Crippen molar-refractivity contribution in [2.24, 2.45) is 0 Å².